The number of nitrogens with one attached hydrogen (secondary N) is 1. The van der Waals surface area contributed by atoms with E-state index < -0.39 is 0 Å². The second kappa shape index (κ2) is 6.86. The molecule has 0 radical (unpaired) electrons. The molecule has 1 fully saturated rings. The first-order valence-corrected chi connectivity index (χ1v) is 9.54. The molecule has 6 heteroatoms. The first-order valence-electron chi connectivity index (χ1n) is 9.54. The zero-order chi connectivity index (χ0) is 19.9. The first kappa shape index (κ1) is 18.3. The summed E-state index contributed by atoms with van der Waals surface area (Å²) in [5, 5.41) is 2.95. The summed E-state index contributed by atoms with van der Waals surface area (Å²) in [6.45, 7) is 7.86. The summed E-state index contributed by atoms with van der Waals surface area (Å²) in [5.74, 6) is 1.78. The fourth-order valence-electron chi connectivity index (χ4n) is 3.63. The highest BCUT2D eigenvalue weighted by Crippen LogP contribution is 2.33. The van der Waals surface area contributed by atoms with E-state index in [1.54, 1.807) is 7.11 Å². The van der Waals surface area contributed by atoms with E-state index in [4.69, 9.17) is 9.72 Å². The highest BCUT2D eigenvalue weighted by Gasteiger charge is 2.36. The van der Waals surface area contributed by atoms with Gasteiger partial charge in [0, 0.05) is 30.3 Å². The van der Waals surface area contributed by atoms with E-state index in [2.05, 4.69) is 36.7 Å². The molecular formula is C22H26N4O2. The fraction of sp³-hybridized carbons (Fsp3) is 0.364. The third-order valence-electron chi connectivity index (χ3n) is 5.10. The minimum absolute atomic E-state index is 0.0672. The standard InChI is InChI=1S/C22H26N4O2/c1-22(2,3)20-24-18-10-5-6-11-19(18)26(20)16-13-25(14-16)21(27)23-15-8-7-9-17(12-15)28-4/h5-12,16H,13-14H2,1-4H3,(H,23,27). The van der Waals surface area contributed by atoms with E-state index in [0.29, 0.717) is 13.1 Å². The van der Waals surface area contributed by atoms with E-state index in [1.165, 1.54) is 0 Å². The molecule has 2 amide bonds. The number of urea groups is 1. The van der Waals surface area contributed by atoms with Crippen LogP contribution < -0.4 is 10.1 Å². The number of amides is 2. The Kier molecular flexibility index (Phi) is 4.49. The number of hydrogen-bond acceptors (Lipinski definition) is 3. The number of carbonyl (C=O) groups excluding carboxylic acids is 1. The number of ether oxygens (including phenoxy) is 1. The Morgan fingerprint density at radius 3 is 2.61 bits per heavy atom. The number of aromatic nitrogens is 2. The lowest BCUT2D eigenvalue weighted by atomic mass is 9.94. The molecule has 146 valence electrons. The molecule has 1 aliphatic rings. The highest BCUT2D eigenvalue weighted by molar-refractivity contribution is 5.90. The van der Waals surface area contributed by atoms with Crippen molar-refractivity contribution in [2.45, 2.75) is 32.2 Å². The van der Waals surface area contributed by atoms with Gasteiger partial charge in [0.2, 0.25) is 0 Å². The number of likely N-dealkylation sites (tertiary alicyclic amines) is 1. The number of fused-ring (bicyclic) bond motifs is 1. The number of methoxy groups -OCH3 is 1. The average Bonchev–Trinajstić information content (AvgIpc) is 3.00. The van der Waals surface area contributed by atoms with Crippen LogP contribution in [0, 0.1) is 0 Å². The van der Waals surface area contributed by atoms with Crippen LogP contribution >= 0.6 is 0 Å². The molecule has 2 aromatic carbocycles. The maximum atomic E-state index is 12.6. The van der Waals surface area contributed by atoms with Crippen LogP contribution in [0.3, 0.4) is 0 Å². The number of carbonyl (C=O) groups is 1. The Labute approximate surface area is 165 Å². The van der Waals surface area contributed by atoms with Crippen LogP contribution in [-0.4, -0.2) is 40.7 Å². The van der Waals surface area contributed by atoms with Gasteiger partial charge in [-0.25, -0.2) is 9.78 Å². The molecule has 3 aromatic rings. The number of benzene rings is 2. The minimum Gasteiger partial charge on any atom is -0.497 e. The smallest absolute Gasteiger partial charge is 0.321 e. The van der Waals surface area contributed by atoms with E-state index in [9.17, 15) is 4.79 Å². The second-order valence-electron chi connectivity index (χ2n) is 8.27. The van der Waals surface area contributed by atoms with Gasteiger partial charge in [0.25, 0.3) is 0 Å². The third kappa shape index (κ3) is 3.30. The van der Waals surface area contributed by atoms with Gasteiger partial charge in [-0.2, -0.15) is 0 Å². The minimum atomic E-state index is -0.0915. The Morgan fingerprint density at radius 2 is 1.89 bits per heavy atom. The van der Waals surface area contributed by atoms with Gasteiger partial charge in [0.15, 0.2) is 0 Å². The number of nitrogens with zero attached hydrogens (tertiary/aromatic N) is 3. The van der Waals surface area contributed by atoms with Crippen molar-refractivity contribution < 1.29 is 9.53 Å². The van der Waals surface area contributed by atoms with E-state index >= 15 is 0 Å². The van der Waals surface area contributed by atoms with Crippen molar-refractivity contribution in [2.75, 3.05) is 25.5 Å². The molecule has 4 rings (SSSR count). The van der Waals surface area contributed by atoms with Crippen molar-refractivity contribution in [3.63, 3.8) is 0 Å². The van der Waals surface area contributed by atoms with Gasteiger partial charge in [-0.1, -0.05) is 39.0 Å². The van der Waals surface area contributed by atoms with Crippen molar-refractivity contribution >= 4 is 22.8 Å². The molecule has 1 saturated heterocycles. The molecule has 0 unspecified atom stereocenters. The van der Waals surface area contributed by atoms with Crippen molar-refractivity contribution in [1.82, 2.24) is 14.5 Å². The lowest BCUT2D eigenvalue weighted by Gasteiger charge is -2.41. The molecule has 1 aliphatic heterocycles. The monoisotopic (exact) mass is 378 g/mol. The number of rotatable bonds is 3. The average molecular weight is 378 g/mol. The zero-order valence-electron chi connectivity index (χ0n) is 16.8. The maximum absolute atomic E-state index is 12.6. The number of para-hydroxylation sites is 2. The van der Waals surface area contributed by atoms with Crippen LogP contribution in [0.15, 0.2) is 48.5 Å². The molecule has 0 saturated carbocycles. The molecule has 0 bridgehead atoms. The van der Waals surface area contributed by atoms with Crippen molar-refractivity contribution in [2.24, 2.45) is 0 Å². The summed E-state index contributed by atoms with van der Waals surface area (Å²) in [6, 6.07) is 15.7. The van der Waals surface area contributed by atoms with Gasteiger partial charge in [0.1, 0.15) is 11.6 Å². The topological polar surface area (TPSA) is 59.4 Å². The molecule has 0 spiro atoms. The SMILES string of the molecule is COc1cccc(NC(=O)N2CC(n3c(C(C)(C)C)nc4ccccc43)C2)c1. The van der Waals surface area contributed by atoms with E-state index in [1.807, 2.05) is 47.4 Å². The summed E-state index contributed by atoms with van der Waals surface area (Å²) < 4.78 is 7.52. The molecule has 0 atom stereocenters. The van der Waals surface area contributed by atoms with Crippen molar-refractivity contribution in [1.29, 1.82) is 0 Å². The van der Waals surface area contributed by atoms with Crippen LogP contribution in [0.2, 0.25) is 0 Å². The van der Waals surface area contributed by atoms with Gasteiger partial charge in [-0.15, -0.1) is 0 Å². The van der Waals surface area contributed by atoms with Gasteiger partial charge >= 0.3 is 6.03 Å². The molecule has 28 heavy (non-hydrogen) atoms. The number of hydrogen-bond donors (Lipinski definition) is 1. The third-order valence-corrected chi connectivity index (χ3v) is 5.10. The van der Waals surface area contributed by atoms with Crippen molar-refractivity contribution in [3.8, 4) is 5.75 Å². The summed E-state index contributed by atoms with van der Waals surface area (Å²) in [5.41, 5.74) is 2.80. The Hall–Kier alpha value is -3.02. The van der Waals surface area contributed by atoms with Gasteiger partial charge in [-0.3, -0.25) is 0 Å². The summed E-state index contributed by atoms with van der Waals surface area (Å²) in [7, 11) is 1.61. The molecule has 1 aromatic heterocycles. The summed E-state index contributed by atoms with van der Waals surface area (Å²) in [4.78, 5) is 19.3. The van der Waals surface area contributed by atoms with Gasteiger partial charge in [0.05, 0.1) is 24.2 Å². The van der Waals surface area contributed by atoms with Crippen molar-refractivity contribution in [3.05, 3.63) is 54.4 Å². The lowest BCUT2D eigenvalue weighted by molar-refractivity contribution is 0.134. The maximum Gasteiger partial charge on any atom is 0.321 e. The zero-order valence-corrected chi connectivity index (χ0v) is 16.8. The normalized spacial score (nSPS) is 14.8. The fourth-order valence-corrected chi connectivity index (χ4v) is 3.63. The lowest BCUT2D eigenvalue weighted by Crippen LogP contribution is -2.52. The quantitative estimate of drug-likeness (QED) is 0.733. The molecule has 1 N–H and O–H groups in total. The van der Waals surface area contributed by atoms with Crippen LogP contribution in [0.25, 0.3) is 11.0 Å². The summed E-state index contributed by atoms with van der Waals surface area (Å²) >= 11 is 0. The van der Waals surface area contributed by atoms with Gasteiger partial charge in [-0.05, 0) is 24.3 Å². The van der Waals surface area contributed by atoms with E-state index in [0.717, 1.165) is 28.3 Å². The molecule has 2 heterocycles. The molecule has 6 nitrogen and oxygen atoms in total. The first-order chi connectivity index (χ1) is 13.4. The predicted octanol–water partition coefficient (Wildman–Crippen LogP) is 4.43. The summed E-state index contributed by atoms with van der Waals surface area (Å²) in [6.07, 6.45) is 0. The number of imidazole rings is 1. The van der Waals surface area contributed by atoms with Gasteiger partial charge < -0.3 is 19.5 Å². The largest absolute Gasteiger partial charge is 0.497 e. The second-order valence-corrected chi connectivity index (χ2v) is 8.27. The highest BCUT2D eigenvalue weighted by atomic mass is 16.5. The van der Waals surface area contributed by atoms with Crippen LogP contribution in [0.4, 0.5) is 10.5 Å². The Bertz CT molecular complexity index is 1010. The van der Waals surface area contributed by atoms with Crippen LogP contribution in [-0.2, 0) is 5.41 Å². The van der Waals surface area contributed by atoms with Crippen LogP contribution in [0.1, 0.15) is 32.6 Å². The molecular weight excluding hydrogens is 352 g/mol. The Morgan fingerprint density at radius 1 is 1.14 bits per heavy atom. The van der Waals surface area contributed by atoms with E-state index in [-0.39, 0.29) is 17.5 Å². The molecule has 0 aliphatic carbocycles. The van der Waals surface area contributed by atoms with Crippen LogP contribution in [0.5, 0.6) is 5.75 Å². The predicted molar refractivity (Wildman–Crippen MR) is 111 cm³/mol. The Balaban J connectivity index is 1.51. The number of anilines is 1.